The van der Waals surface area contributed by atoms with Crippen molar-refractivity contribution in [2.24, 2.45) is 0 Å². The molecular weight excluding hydrogens is 316 g/mol. The van der Waals surface area contributed by atoms with Crippen molar-refractivity contribution in [1.29, 1.82) is 0 Å². The molecule has 1 saturated heterocycles. The lowest BCUT2D eigenvalue weighted by molar-refractivity contribution is 0.0299. The number of morpholine rings is 1. The summed E-state index contributed by atoms with van der Waals surface area (Å²) >= 11 is 5.88. The number of hydrogen-bond acceptors (Lipinski definition) is 5. The number of nitrogens with one attached hydrogen (secondary N) is 1. The standard InChI is InChI=1S/C16H17ClN4O2/c1-11-18-14(16(22)21-6-8-23-9-7-21)10-15(19-11)20-13-4-2-12(17)3-5-13/h2-5,10H,6-9H2,1H3,(H,18,19,20). The monoisotopic (exact) mass is 332 g/mol. The lowest BCUT2D eigenvalue weighted by Gasteiger charge is -2.26. The third-order valence-corrected chi connectivity index (χ3v) is 3.72. The number of amides is 1. The summed E-state index contributed by atoms with van der Waals surface area (Å²) in [6.45, 7) is 4.06. The number of nitrogens with zero attached hydrogens (tertiary/aromatic N) is 3. The highest BCUT2D eigenvalue weighted by atomic mass is 35.5. The van der Waals surface area contributed by atoms with Crippen LogP contribution in [0.25, 0.3) is 0 Å². The van der Waals surface area contributed by atoms with Crippen LogP contribution in [-0.4, -0.2) is 47.1 Å². The van der Waals surface area contributed by atoms with E-state index < -0.39 is 0 Å². The predicted molar refractivity (Wildman–Crippen MR) is 88.2 cm³/mol. The van der Waals surface area contributed by atoms with Gasteiger partial charge in [-0.15, -0.1) is 0 Å². The lowest BCUT2D eigenvalue weighted by atomic mass is 10.3. The van der Waals surface area contributed by atoms with Gasteiger partial charge in [-0.05, 0) is 31.2 Å². The third kappa shape index (κ3) is 3.97. The number of hydrogen-bond donors (Lipinski definition) is 1. The highest BCUT2D eigenvalue weighted by Gasteiger charge is 2.20. The Labute approximate surface area is 139 Å². The Morgan fingerprint density at radius 3 is 2.61 bits per heavy atom. The van der Waals surface area contributed by atoms with E-state index >= 15 is 0 Å². The zero-order valence-electron chi connectivity index (χ0n) is 12.8. The van der Waals surface area contributed by atoms with Gasteiger partial charge in [0, 0.05) is 29.9 Å². The minimum Gasteiger partial charge on any atom is -0.378 e. The largest absolute Gasteiger partial charge is 0.378 e. The first-order valence-electron chi connectivity index (χ1n) is 7.37. The summed E-state index contributed by atoms with van der Waals surface area (Å²) in [5, 5.41) is 3.83. The maximum Gasteiger partial charge on any atom is 0.272 e. The molecule has 0 saturated carbocycles. The Balaban J connectivity index is 1.80. The summed E-state index contributed by atoms with van der Waals surface area (Å²) in [7, 11) is 0. The molecule has 23 heavy (non-hydrogen) atoms. The van der Waals surface area contributed by atoms with Crippen LogP contribution in [0.1, 0.15) is 16.3 Å². The van der Waals surface area contributed by atoms with Gasteiger partial charge in [0.25, 0.3) is 5.91 Å². The summed E-state index contributed by atoms with van der Waals surface area (Å²) in [5.41, 5.74) is 1.23. The maximum absolute atomic E-state index is 12.5. The number of benzene rings is 1. The van der Waals surface area contributed by atoms with E-state index in [0.717, 1.165) is 5.69 Å². The van der Waals surface area contributed by atoms with Crippen molar-refractivity contribution in [1.82, 2.24) is 14.9 Å². The molecule has 2 heterocycles. The van der Waals surface area contributed by atoms with Gasteiger partial charge in [-0.2, -0.15) is 0 Å². The van der Waals surface area contributed by atoms with Gasteiger partial charge in [0.05, 0.1) is 13.2 Å². The molecule has 1 aromatic carbocycles. The van der Waals surface area contributed by atoms with E-state index in [0.29, 0.717) is 48.7 Å². The highest BCUT2D eigenvalue weighted by Crippen LogP contribution is 2.19. The molecule has 1 aliphatic heterocycles. The van der Waals surface area contributed by atoms with Gasteiger partial charge in [-0.1, -0.05) is 11.6 Å². The normalized spacial score (nSPS) is 14.6. The molecule has 1 fully saturated rings. The molecule has 0 unspecified atom stereocenters. The second kappa shape index (κ2) is 6.93. The van der Waals surface area contributed by atoms with Crippen molar-refractivity contribution in [3.05, 3.63) is 46.9 Å². The minimum atomic E-state index is -0.0991. The van der Waals surface area contributed by atoms with Gasteiger partial charge in [0.2, 0.25) is 0 Å². The van der Waals surface area contributed by atoms with E-state index in [1.165, 1.54) is 0 Å². The van der Waals surface area contributed by atoms with Crippen molar-refractivity contribution in [3.8, 4) is 0 Å². The zero-order chi connectivity index (χ0) is 16.2. The van der Waals surface area contributed by atoms with Gasteiger partial charge < -0.3 is 15.0 Å². The van der Waals surface area contributed by atoms with E-state index in [-0.39, 0.29) is 5.91 Å². The topological polar surface area (TPSA) is 67.4 Å². The van der Waals surface area contributed by atoms with E-state index in [2.05, 4.69) is 15.3 Å². The minimum absolute atomic E-state index is 0.0991. The van der Waals surface area contributed by atoms with Crippen molar-refractivity contribution >= 4 is 29.0 Å². The van der Waals surface area contributed by atoms with Crippen LogP contribution in [0.3, 0.4) is 0 Å². The number of halogens is 1. The summed E-state index contributed by atoms with van der Waals surface area (Å²) < 4.78 is 5.27. The number of rotatable bonds is 3. The number of aryl methyl sites for hydroxylation is 1. The Morgan fingerprint density at radius 2 is 1.91 bits per heavy atom. The SMILES string of the molecule is Cc1nc(Nc2ccc(Cl)cc2)cc(C(=O)N2CCOCC2)n1. The fourth-order valence-electron chi connectivity index (χ4n) is 2.35. The van der Waals surface area contributed by atoms with Crippen LogP contribution < -0.4 is 5.32 Å². The van der Waals surface area contributed by atoms with Crippen LogP contribution in [0, 0.1) is 6.92 Å². The molecule has 7 heteroatoms. The quantitative estimate of drug-likeness (QED) is 0.936. The zero-order valence-corrected chi connectivity index (χ0v) is 13.5. The summed E-state index contributed by atoms with van der Waals surface area (Å²) in [4.78, 5) is 22.9. The lowest BCUT2D eigenvalue weighted by Crippen LogP contribution is -2.41. The average molecular weight is 333 g/mol. The molecule has 0 radical (unpaired) electrons. The summed E-state index contributed by atoms with van der Waals surface area (Å²) in [6.07, 6.45) is 0. The molecule has 120 valence electrons. The summed E-state index contributed by atoms with van der Waals surface area (Å²) in [6, 6.07) is 8.95. The van der Waals surface area contributed by atoms with E-state index in [9.17, 15) is 4.79 Å². The van der Waals surface area contributed by atoms with Gasteiger partial charge in [0.15, 0.2) is 0 Å². The van der Waals surface area contributed by atoms with Crippen molar-refractivity contribution in [2.45, 2.75) is 6.92 Å². The molecular formula is C16H17ClN4O2. The molecule has 3 rings (SSSR count). The Morgan fingerprint density at radius 1 is 1.22 bits per heavy atom. The maximum atomic E-state index is 12.5. The van der Waals surface area contributed by atoms with E-state index in [1.54, 1.807) is 30.0 Å². The molecule has 1 amide bonds. The van der Waals surface area contributed by atoms with Gasteiger partial charge in [-0.25, -0.2) is 9.97 Å². The first-order valence-corrected chi connectivity index (χ1v) is 7.75. The van der Waals surface area contributed by atoms with Crippen molar-refractivity contribution in [3.63, 3.8) is 0 Å². The number of carbonyl (C=O) groups is 1. The fourth-order valence-corrected chi connectivity index (χ4v) is 2.48. The Kier molecular flexibility index (Phi) is 4.73. The van der Waals surface area contributed by atoms with Gasteiger partial charge in [0.1, 0.15) is 17.3 Å². The predicted octanol–water partition coefficient (Wildman–Crippen LogP) is 2.65. The average Bonchev–Trinajstić information content (AvgIpc) is 2.56. The van der Waals surface area contributed by atoms with Crippen LogP contribution in [0.2, 0.25) is 5.02 Å². The van der Waals surface area contributed by atoms with Crippen LogP contribution in [0.15, 0.2) is 30.3 Å². The fraction of sp³-hybridized carbons (Fsp3) is 0.312. The highest BCUT2D eigenvalue weighted by molar-refractivity contribution is 6.30. The van der Waals surface area contributed by atoms with Crippen LogP contribution in [0.4, 0.5) is 11.5 Å². The van der Waals surface area contributed by atoms with Gasteiger partial charge in [-0.3, -0.25) is 4.79 Å². The molecule has 1 aliphatic rings. The van der Waals surface area contributed by atoms with Crippen LogP contribution in [-0.2, 0) is 4.74 Å². The smallest absolute Gasteiger partial charge is 0.272 e. The van der Waals surface area contributed by atoms with Gasteiger partial charge >= 0.3 is 0 Å². The van der Waals surface area contributed by atoms with E-state index in [4.69, 9.17) is 16.3 Å². The van der Waals surface area contributed by atoms with E-state index in [1.807, 2.05) is 12.1 Å². The van der Waals surface area contributed by atoms with Crippen LogP contribution >= 0.6 is 11.6 Å². The first-order chi connectivity index (χ1) is 11.1. The van der Waals surface area contributed by atoms with Crippen molar-refractivity contribution < 1.29 is 9.53 Å². The molecule has 1 N–H and O–H groups in total. The second-order valence-corrected chi connectivity index (χ2v) is 5.66. The molecule has 0 atom stereocenters. The molecule has 0 aliphatic carbocycles. The molecule has 2 aromatic rings. The number of carbonyl (C=O) groups excluding carboxylic acids is 1. The molecule has 0 bridgehead atoms. The Hall–Kier alpha value is -2.18. The number of ether oxygens (including phenoxy) is 1. The Bertz CT molecular complexity index is 700. The number of anilines is 2. The summed E-state index contributed by atoms with van der Waals surface area (Å²) in [5.74, 6) is 1.02. The molecule has 0 spiro atoms. The number of aromatic nitrogens is 2. The third-order valence-electron chi connectivity index (χ3n) is 3.47. The second-order valence-electron chi connectivity index (χ2n) is 5.22. The molecule has 6 nitrogen and oxygen atoms in total. The first kappa shape index (κ1) is 15.7. The van der Waals surface area contributed by atoms with Crippen LogP contribution in [0.5, 0.6) is 0 Å². The van der Waals surface area contributed by atoms with Crippen molar-refractivity contribution in [2.75, 3.05) is 31.6 Å². The molecule has 1 aromatic heterocycles.